The van der Waals surface area contributed by atoms with E-state index in [9.17, 15) is 0 Å². The van der Waals surface area contributed by atoms with E-state index in [1.807, 2.05) is 16.9 Å². The second-order valence-electron chi connectivity index (χ2n) is 5.74. The molecule has 0 radical (unpaired) electrons. The van der Waals surface area contributed by atoms with E-state index in [-0.39, 0.29) is 0 Å². The Labute approximate surface area is 121 Å². The van der Waals surface area contributed by atoms with Crippen LogP contribution in [-0.2, 0) is 0 Å². The van der Waals surface area contributed by atoms with Crippen molar-refractivity contribution in [1.82, 2.24) is 9.78 Å². The summed E-state index contributed by atoms with van der Waals surface area (Å²) >= 11 is 0. The van der Waals surface area contributed by atoms with Gasteiger partial charge in [-0.1, -0.05) is 25.7 Å². The van der Waals surface area contributed by atoms with Crippen LogP contribution in [0.15, 0.2) is 42.7 Å². The van der Waals surface area contributed by atoms with Crippen LogP contribution in [0.3, 0.4) is 0 Å². The maximum atomic E-state index is 4.24. The van der Waals surface area contributed by atoms with E-state index in [2.05, 4.69) is 34.7 Å². The van der Waals surface area contributed by atoms with Crippen molar-refractivity contribution in [2.75, 3.05) is 11.9 Å². The molecule has 1 heterocycles. The fourth-order valence-corrected chi connectivity index (χ4v) is 2.98. The molecule has 0 atom stereocenters. The Morgan fingerprint density at radius 1 is 1.05 bits per heavy atom. The van der Waals surface area contributed by atoms with Crippen LogP contribution in [0.5, 0.6) is 0 Å². The highest BCUT2D eigenvalue weighted by Gasteiger charge is 2.11. The first kappa shape index (κ1) is 13.2. The molecule has 0 spiro atoms. The summed E-state index contributed by atoms with van der Waals surface area (Å²) < 4.78 is 1.88. The number of rotatable bonds is 4. The summed E-state index contributed by atoms with van der Waals surface area (Å²) in [4.78, 5) is 0. The lowest BCUT2D eigenvalue weighted by Crippen LogP contribution is -2.13. The predicted molar refractivity (Wildman–Crippen MR) is 83.2 cm³/mol. The van der Waals surface area contributed by atoms with Crippen LogP contribution in [0.2, 0.25) is 0 Å². The first-order valence-corrected chi connectivity index (χ1v) is 7.76. The summed E-state index contributed by atoms with van der Waals surface area (Å²) in [5.74, 6) is 0.850. The van der Waals surface area contributed by atoms with Gasteiger partial charge in [-0.15, -0.1) is 0 Å². The Hall–Kier alpha value is -1.77. The van der Waals surface area contributed by atoms with E-state index in [0.29, 0.717) is 0 Å². The van der Waals surface area contributed by atoms with Crippen molar-refractivity contribution in [2.45, 2.75) is 38.5 Å². The van der Waals surface area contributed by atoms with Crippen molar-refractivity contribution in [2.24, 2.45) is 5.92 Å². The molecule has 0 bridgehead atoms. The average molecular weight is 269 g/mol. The summed E-state index contributed by atoms with van der Waals surface area (Å²) in [6.07, 6.45) is 12.2. The van der Waals surface area contributed by atoms with Gasteiger partial charge in [0.25, 0.3) is 0 Å². The molecule has 3 nitrogen and oxygen atoms in total. The molecule has 1 N–H and O–H groups in total. The predicted octanol–water partition coefficient (Wildman–Crippen LogP) is 4.25. The fourth-order valence-electron chi connectivity index (χ4n) is 2.98. The Balaban J connectivity index is 1.55. The van der Waals surface area contributed by atoms with Gasteiger partial charge in [-0.05, 0) is 49.1 Å². The minimum Gasteiger partial charge on any atom is -0.385 e. The molecule has 20 heavy (non-hydrogen) atoms. The molecule has 2 aromatic rings. The minimum absolute atomic E-state index is 0.850. The van der Waals surface area contributed by atoms with Crippen LogP contribution in [0, 0.1) is 5.92 Å². The van der Waals surface area contributed by atoms with E-state index < -0.39 is 0 Å². The lowest BCUT2D eigenvalue weighted by atomic mass is 10.0. The van der Waals surface area contributed by atoms with Crippen LogP contribution in [0.1, 0.15) is 38.5 Å². The van der Waals surface area contributed by atoms with Gasteiger partial charge in [-0.25, -0.2) is 4.68 Å². The number of nitrogens with zero attached hydrogens (tertiary/aromatic N) is 2. The Morgan fingerprint density at radius 3 is 2.45 bits per heavy atom. The van der Waals surface area contributed by atoms with Gasteiger partial charge in [0.05, 0.1) is 5.69 Å². The molecule has 1 aromatic carbocycles. The van der Waals surface area contributed by atoms with Gasteiger partial charge in [-0.3, -0.25) is 0 Å². The lowest BCUT2D eigenvalue weighted by molar-refractivity contribution is 0.483. The molecule has 1 aromatic heterocycles. The highest BCUT2D eigenvalue weighted by Crippen LogP contribution is 2.23. The number of anilines is 1. The maximum Gasteiger partial charge on any atom is 0.0647 e. The quantitative estimate of drug-likeness (QED) is 0.841. The molecular formula is C17H23N3. The van der Waals surface area contributed by atoms with E-state index in [1.54, 1.807) is 6.20 Å². The molecule has 0 amide bonds. The van der Waals surface area contributed by atoms with E-state index in [1.165, 1.54) is 44.2 Å². The molecular weight excluding hydrogens is 246 g/mol. The van der Waals surface area contributed by atoms with Crippen LogP contribution in [0.4, 0.5) is 5.69 Å². The SMILES string of the molecule is c1cnn(-c2ccc(NCC3CCCCCC3)cc2)c1. The maximum absolute atomic E-state index is 4.24. The number of hydrogen-bond acceptors (Lipinski definition) is 2. The van der Waals surface area contributed by atoms with Crippen molar-refractivity contribution >= 4 is 5.69 Å². The molecule has 3 rings (SSSR count). The third-order valence-corrected chi connectivity index (χ3v) is 4.21. The lowest BCUT2D eigenvalue weighted by Gasteiger charge is -2.16. The van der Waals surface area contributed by atoms with E-state index >= 15 is 0 Å². The Kier molecular flexibility index (Phi) is 4.36. The fraction of sp³-hybridized carbons (Fsp3) is 0.471. The molecule has 1 fully saturated rings. The first-order valence-electron chi connectivity index (χ1n) is 7.76. The summed E-state index contributed by atoms with van der Waals surface area (Å²) in [6.45, 7) is 1.11. The molecule has 0 unspecified atom stereocenters. The van der Waals surface area contributed by atoms with Crippen LogP contribution < -0.4 is 5.32 Å². The van der Waals surface area contributed by atoms with Gasteiger partial charge in [0, 0.05) is 24.6 Å². The Bertz CT molecular complexity index is 494. The first-order chi connectivity index (χ1) is 9.92. The van der Waals surface area contributed by atoms with Gasteiger partial charge in [0.2, 0.25) is 0 Å². The monoisotopic (exact) mass is 269 g/mol. The van der Waals surface area contributed by atoms with Crippen molar-refractivity contribution in [3.8, 4) is 5.69 Å². The summed E-state index contributed by atoms with van der Waals surface area (Å²) in [5.41, 5.74) is 2.32. The van der Waals surface area contributed by atoms with Crippen molar-refractivity contribution in [1.29, 1.82) is 0 Å². The van der Waals surface area contributed by atoms with Crippen molar-refractivity contribution < 1.29 is 0 Å². The smallest absolute Gasteiger partial charge is 0.0647 e. The standard InChI is InChI=1S/C17H23N3/c1-2-4-7-15(6-3-1)14-18-16-8-10-17(11-9-16)20-13-5-12-19-20/h5,8-13,15,18H,1-4,6-7,14H2. The molecule has 1 saturated carbocycles. The molecule has 3 heteroatoms. The van der Waals surface area contributed by atoms with Crippen LogP contribution in [0.25, 0.3) is 5.69 Å². The molecule has 0 saturated heterocycles. The van der Waals surface area contributed by atoms with Gasteiger partial charge in [-0.2, -0.15) is 5.10 Å². The van der Waals surface area contributed by atoms with Crippen LogP contribution in [-0.4, -0.2) is 16.3 Å². The van der Waals surface area contributed by atoms with Gasteiger partial charge in [0.15, 0.2) is 0 Å². The third kappa shape index (κ3) is 3.41. The second kappa shape index (κ2) is 6.60. The topological polar surface area (TPSA) is 29.9 Å². The van der Waals surface area contributed by atoms with Crippen LogP contribution >= 0.6 is 0 Å². The average Bonchev–Trinajstić information content (AvgIpc) is 2.90. The number of benzene rings is 1. The largest absolute Gasteiger partial charge is 0.385 e. The molecule has 0 aliphatic heterocycles. The third-order valence-electron chi connectivity index (χ3n) is 4.21. The number of hydrogen-bond donors (Lipinski definition) is 1. The second-order valence-corrected chi connectivity index (χ2v) is 5.74. The highest BCUT2D eigenvalue weighted by atomic mass is 15.3. The summed E-state index contributed by atoms with van der Waals surface area (Å²) in [6, 6.07) is 10.5. The van der Waals surface area contributed by atoms with E-state index in [4.69, 9.17) is 0 Å². The summed E-state index contributed by atoms with van der Waals surface area (Å²) in [7, 11) is 0. The van der Waals surface area contributed by atoms with Crippen molar-refractivity contribution in [3.05, 3.63) is 42.7 Å². The summed E-state index contributed by atoms with van der Waals surface area (Å²) in [5, 5.41) is 7.83. The highest BCUT2D eigenvalue weighted by molar-refractivity contribution is 5.48. The zero-order valence-corrected chi connectivity index (χ0v) is 12.0. The van der Waals surface area contributed by atoms with Gasteiger partial charge in [0.1, 0.15) is 0 Å². The molecule has 1 aliphatic carbocycles. The van der Waals surface area contributed by atoms with E-state index in [0.717, 1.165) is 18.2 Å². The molecule has 106 valence electrons. The zero-order chi connectivity index (χ0) is 13.6. The number of nitrogens with one attached hydrogen (secondary N) is 1. The van der Waals surface area contributed by atoms with Crippen molar-refractivity contribution in [3.63, 3.8) is 0 Å². The van der Waals surface area contributed by atoms with Gasteiger partial charge >= 0.3 is 0 Å². The normalized spacial score (nSPS) is 16.8. The Morgan fingerprint density at radius 2 is 1.80 bits per heavy atom. The minimum atomic E-state index is 0.850. The van der Waals surface area contributed by atoms with Gasteiger partial charge < -0.3 is 5.32 Å². The number of aromatic nitrogens is 2. The zero-order valence-electron chi connectivity index (χ0n) is 12.0. The molecule has 1 aliphatic rings.